The van der Waals surface area contributed by atoms with Crippen LogP contribution < -0.4 is 10.9 Å². The fourth-order valence-electron chi connectivity index (χ4n) is 3.77. The van der Waals surface area contributed by atoms with Crippen LogP contribution in [0.1, 0.15) is 37.1 Å². The maximum atomic E-state index is 13.2. The van der Waals surface area contributed by atoms with Gasteiger partial charge in [0, 0.05) is 29.3 Å². The van der Waals surface area contributed by atoms with E-state index in [1.807, 2.05) is 37.3 Å². The Hall–Kier alpha value is -2.12. The molecule has 1 aliphatic carbocycles. The van der Waals surface area contributed by atoms with Gasteiger partial charge in [-0.3, -0.25) is 14.2 Å². The van der Waals surface area contributed by atoms with Gasteiger partial charge in [-0.15, -0.1) is 11.3 Å². The Bertz CT molecular complexity index is 1090. The van der Waals surface area contributed by atoms with Crippen LogP contribution in [-0.4, -0.2) is 21.2 Å². The number of nitrogens with zero attached hydrogens (tertiary/aromatic N) is 2. The number of aromatic nitrogens is 2. The SMILES string of the molecule is CCn1c(SCCC(=O)Nc2ccccc2)nc2sc3c(c2c1=O)CCC(C)C3. The third kappa shape index (κ3) is 4.26. The largest absolute Gasteiger partial charge is 0.326 e. The second kappa shape index (κ2) is 8.71. The summed E-state index contributed by atoms with van der Waals surface area (Å²) < 4.78 is 1.76. The normalized spacial score (nSPS) is 16.0. The molecule has 3 aromatic rings. The van der Waals surface area contributed by atoms with Gasteiger partial charge >= 0.3 is 0 Å². The molecule has 0 radical (unpaired) electrons. The maximum absolute atomic E-state index is 13.2. The number of carbonyl (C=O) groups is 1. The third-order valence-electron chi connectivity index (χ3n) is 5.31. The van der Waals surface area contributed by atoms with E-state index in [-0.39, 0.29) is 11.5 Å². The molecular weight excluding hydrogens is 402 g/mol. The Morgan fingerprint density at radius 2 is 2.14 bits per heavy atom. The molecule has 1 N–H and O–H groups in total. The molecule has 1 aromatic carbocycles. The topological polar surface area (TPSA) is 64.0 Å². The van der Waals surface area contributed by atoms with Crippen LogP contribution in [-0.2, 0) is 24.2 Å². The Balaban J connectivity index is 1.51. The highest BCUT2D eigenvalue weighted by Crippen LogP contribution is 2.36. The minimum Gasteiger partial charge on any atom is -0.326 e. The van der Waals surface area contributed by atoms with E-state index in [1.165, 1.54) is 22.2 Å². The van der Waals surface area contributed by atoms with Gasteiger partial charge < -0.3 is 5.32 Å². The lowest BCUT2D eigenvalue weighted by molar-refractivity contribution is -0.115. The highest BCUT2D eigenvalue weighted by atomic mass is 32.2. The molecule has 1 atom stereocenters. The van der Waals surface area contributed by atoms with Crippen LogP contribution in [0, 0.1) is 5.92 Å². The van der Waals surface area contributed by atoms with E-state index in [0.717, 1.165) is 35.2 Å². The molecule has 4 rings (SSSR count). The van der Waals surface area contributed by atoms with E-state index < -0.39 is 0 Å². The summed E-state index contributed by atoms with van der Waals surface area (Å²) in [6.45, 7) is 4.83. The molecule has 29 heavy (non-hydrogen) atoms. The van der Waals surface area contributed by atoms with Crippen LogP contribution in [0.5, 0.6) is 0 Å². The predicted octanol–water partition coefficient (Wildman–Crippen LogP) is 4.72. The Kier molecular flexibility index (Phi) is 6.06. The first kappa shape index (κ1) is 20.2. The van der Waals surface area contributed by atoms with Crippen molar-refractivity contribution in [1.82, 2.24) is 9.55 Å². The van der Waals surface area contributed by atoms with Crippen molar-refractivity contribution in [2.24, 2.45) is 5.92 Å². The highest BCUT2D eigenvalue weighted by Gasteiger charge is 2.24. The molecule has 0 saturated heterocycles. The monoisotopic (exact) mass is 427 g/mol. The molecule has 7 heteroatoms. The summed E-state index contributed by atoms with van der Waals surface area (Å²) in [6, 6.07) is 9.44. The molecule has 0 spiro atoms. The molecule has 1 amide bonds. The van der Waals surface area contributed by atoms with E-state index in [1.54, 1.807) is 15.9 Å². The van der Waals surface area contributed by atoms with Crippen molar-refractivity contribution in [1.29, 1.82) is 0 Å². The molecule has 2 aromatic heterocycles. The van der Waals surface area contributed by atoms with Gasteiger partial charge in [0.05, 0.1) is 5.39 Å². The van der Waals surface area contributed by atoms with Gasteiger partial charge in [-0.1, -0.05) is 36.9 Å². The van der Waals surface area contributed by atoms with Gasteiger partial charge in [0.1, 0.15) is 4.83 Å². The van der Waals surface area contributed by atoms with Crippen molar-refractivity contribution in [2.45, 2.75) is 51.2 Å². The second-order valence-corrected chi connectivity index (χ2v) is 9.63. The van der Waals surface area contributed by atoms with Gasteiger partial charge in [0.15, 0.2) is 5.16 Å². The third-order valence-corrected chi connectivity index (χ3v) is 7.44. The van der Waals surface area contributed by atoms with Crippen LogP contribution in [0.2, 0.25) is 0 Å². The van der Waals surface area contributed by atoms with Crippen molar-refractivity contribution < 1.29 is 4.79 Å². The number of hydrogen-bond acceptors (Lipinski definition) is 5. The summed E-state index contributed by atoms with van der Waals surface area (Å²) in [5, 5.41) is 4.43. The zero-order valence-corrected chi connectivity index (χ0v) is 18.4. The molecule has 0 fully saturated rings. The average molecular weight is 428 g/mol. The van der Waals surface area contributed by atoms with Crippen molar-refractivity contribution in [3.05, 3.63) is 51.1 Å². The predicted molar refractivity (Wildman–Crippen MR) is 121 cm³/mol. The summed E-state index contributed by atoms with van der Waals surface area (Å²) >= 11 is 3.16. The average Bonchev–Trinajstić information content (AvgIpc) is 3.06. The van der Waals surface area contributed by atoms with Crippen LogP contribution in [0.15, 0.2) is 40.3 Å². The van der Waals surface area contributed by atoms with E-state index >= 15 is 0 Å². The number of hydrogen-bond donors (Lipinski definition) is 1. The lowest BCUT2D eigenvalue weighted by Gasteiger charge is -2.17. The molecule has 1 aliphatic rings. The van der Waals surface area contributed by atoms with Gasteiger partial charge in [-0.05, 0) is 49.8 Å². The first-order chi connectivity index (χ1) is 14.1. The van der Waals surface area contributed by atoms with Crippen molar-refractivity contribution in [3.8, 4) is 0 Å². The summed E-state index contributed by atoms with van der Waals surface area (Å²) in [5.41, 5.74) is 2.09. The fourth-order valence-corrected chi connectivity index (χ4v) is 6.20. The van der Waals surface area contributed by atoms with Gasteiger partial charge in [0.2, 0.25) is 5.91 Å². The Labute approximate surface area is 178 Å². The molecule has 0 saturated carbocycles. The first-order valence-electron chi connectivity index (χ1n) is 10.1. The molecule has 0 aliphatic heterocycles. The molecular formula is C22H25N3O2S2. The summed E-state index contributed by atoms with van der Waals surface area (Å²) in [6.07, 6.45) is 3.53. The number of nitrogens with one attached hydrogen (secondary N) is 1. The van der Waals surface area contributed by atoms with Crippen LogP contribution in [0.3, 0.4) is 0 Å². The summed E-state index contributed by atoms with van der Waals surface area (Å²) in [7, 11) is 0. The lowest BCUT2D eigenvalue weighted by Crippen LogP contribution is -2.23. The summed E-state index contributed by atoms with van der Waals surface area (Å²) in [5.74, 6) is 1.22. The number of anilines is 1. The molecule has 0 bridgehead atoms. The number of benzene rings is 1. The Morgan fingerprint density at radius 1 is 1.34 bits per heavy atom. The van der Waals surface area contributed by atoms with E-state index in [2.05, 4.69) is 12.2 Å². The quantitative estimate of drug-likeness (QED) is 0.456. The van der Waals surface area contributed by atoms with E-state index in [4.69, 9.17) is 4.98 Å². The van der Waals surface area contributed by atoms with Crippen LogP contribution in [0.4, 0.5) is 5.69 Å². The number of para-hydroxylation sites is 1. The number of amides is 1. The standard InChI is InChI=1S/C22H25N3O2S2/c1-3-25-21(27)19-16-10-9-14(2)13-17(16)29-20(19)24-22(25)28-12-11-18(26)23-15-7-5-4-6-8-15/h4-8,14H,3,9-13H2,1-2H3,(H,23,26). The smallest absolute Gasteiger partial charge is 0.263 e. The molecule has 5 nitrogen and oxygen atoms in total. The van der Waals surface area contributed by atoms with E-state index in [0.29, 0.717) is 29.8 Å². The summed E-state index contributed by atoms with van der Waals surface area (Å²) in [4.78, 5) is 32.4. The molecule has 2 heterocycles. The molecule has 1 unspecified atom stereocenters. The number of carbonyl (C=O) groups excluding carboxylic acids is 1. The second-order valence-electron chi connectivity index (χ2n) is 7.49. The minimum absolute atomic E-state index is 0.0317. The van der Waals surface area contributed by atoms with Crippen LogP contribution >= 0.6 is 23.1 Å². The highest BCUT2D eigenvalue weighted by molar-refractivity contribution is 7.99. The number of thiophene rings is 1. The molecule has 152 valence electrons. The fraction of sp³-hybridized carbons (Fsp3) is 0.409. The lowest BCUT2D eigenvalue weighted by atomic mass is 9.89. The number of thioether (sulfide) groups is 1. The zero-order chi connectivity index (χ0) is 20.4. The van der Waals surface area contributed by atoms with Crippen molar-refractivity contribution in [2.75, 3.05) is 11.1 Å². The van der Waals surface area contributed by atoms with Crippen LogP contribution in [0.25, 0.3) is 10.2 Å². The first-order valence-corrected chi connectivity index (χ1v) is 11.9. The van der Waals surface area contributed by atoms with Crippen molar-refractivity contribution >= 4 is 44.9 Å². The maximum Gasteiger partial charge on any atom is 0.263 e. The zero-order valence-electron chi connectivity index (χ0n) is 16.7. The van der Waals surface area contributed by atoms with Crippen molar-refractivity contribution in [3.63, 3.8) is 0 Å². The minimum atomic E-state index is -0.0317. The number of fused-ring (bicyclic) bond motifs is 3. The van der Waals surface area contributed by atoms with E-state index in [9.17, 15) is 9.59 Å². The van der Waals surface area contributed by atoms with Gasteiger partial charge in [0.25, 0.3) is 5.56 Å². The van der Waals surface area contributed by atoms with Gasteiger partial charge in [-0.25, -0.2) is 4.98 Å². The van der Waals surface area contributed by atoms with Gasteiger partial charge in [-0.2, -0.15) is 0 Å². The Morgan fingerprint density at radius 3 is 2.90 bits per heavy atom. The number of aryl methyl sites for hydroxylation is 1. The number of rotatable bonds is 6.